The van der Waals surface area contributed by atoms with Crippen molar-refractivity contribution in [3.8, 4) is 0 Å². The first-order chi connectivity index (χ1) is 6.72. The SMILES string of the molecule is COC(=O)CC(=S)Cc1ccccc1. The summed E-state index contributed by atoms with van der Waals surface area (Å²) in [5.74, 6) is -0.272. The Balaban J connectivity index is 2.46. The van der Waals surface area contributed by atoms with Gasteiger partial charge in [0.1, 0.15) is 0 Å². The highest BCUT2D eigenvalue weighted by Gasteiger charge is 2.05. The quantitative estimate of drug-likeness (QED) is 0.560. The van der Waals surface area contributed by atoms with Gasteiger partial charge in [-0.05, 0) is 5.56 Å². The van der Waals surface area contributed by atoms with Gasteiger partial charge in [0.15, 0.2) is 0 Å². The largest absolute Gasteiger partial charge is 0.469 e. The van der Waals surface area contributed by atoms with Crippen molar-refractivity contribution in [3.05, 3.63) is 35.9 Å². The topological polar surface area (TPSA) is 26.3 Å². The van der Waals surface area contributed by atoms with E-state index in [4.69, 9.17) is 12.2 Å². The summed E-state index contributed by atoms with van der Waals surface area (Å²) < 4.78 is 4.53. The molecular formula is C11H12O2S. The molecule has 74 valence electrons. The van der Waals surface area contributed by atoms with E-state index in [2.05, 4.69) is 4.74 Å². The van der Waals surface area contributed by atoms with Crippen LogP contribution in [0.2, 0.25) is 0 Å². The Bertz CT molecular complexity index is 319. The molecule has 0 heterocycles. The van der Waals surface area contributed by atoms with E-state index >= 15 is 0 Å². The summed E-state index contributed by atoms with van der Waals surface area (Å²) >= 11 is 5.08. The van der Waals surface area contributed by atoms with E-state index in [0.717, 1.165) is 5.56 Å². The van der Waals surface area contributed by atoms with Crippen LogP contribution in [0, 0.1) is 0 Å². The second kappa shape index (κ2) is 5.50. The van der Waals surface area contributed by atoms with Gasteiger partial charge < -0.3 is 4.74 Å². The molecule has 0 atom stereocenters. The molecule has 2 nitrogen and oxygen atoms in total. The zero-order valence-corrected chi connectivity index (χ0v) is 8.84. The molecule has 0 saturated heterocycles. The van der Waals surface area contributed by atoms with Crippen LogP contribution in [0.4, 0.5) is 0 Å². The van der Waals surface area contributed by atoms with Crippen LogP contribution < -0.4 is 0 Å². The van der Waals surface area contributed by atoms with Crippen molar-refractivity contribution in [1.82, 2.24) is 0 Å². The van der Waals surface area contributed by atoms with Gasteiger partial charge in [-0.3, -0.25) is 4.79 Å². The maximum absolute atomic E-state index is 10.9. The molecule has 0 unspecified atom stereocenters. The van der Waals surface area contributed by atoms with Crippen molar-refractivity contribution in [1.29, 1.82) is 0 Å². The Labute approximate surface area is 88.9 Å². The summed E-state index contributed by atoms with van der Waals surface area (Å²) in [4.78, 5) is 11.6. The molecule has 3 heteroatoms. The molecule has 0 aromatic heterocycles. The lowest BCUT2D eigenvalue weighted by Crippen LogP contribution is -2.09. The zero-order chi connectivity index (χ0) is 10.4. The van der Waals surface area contributed by atoms with Crippen LogP contribution in [0.25, 0.3) is 0 Å². The van der Waals surface area contributed by atoms with Gasteiger partial charge in [-0.1, -0.05) is 42.5 Å². The highest BCUT2D eigenvalue weighted by Crippen LogP contribution is 2.03. The molecule has 0 bridgehead atoms. The van der Waals surface area contributed by atoms with Crippen LogP contribution in [0.15, 0.2) is 30.3 Å². The molecule has 0 spiro atoms. The molecule has 0 saturated carbocycles. The first kappa shape index (κ1) is 10.9. The van der Waals surface area contributed by atoms with E-state index in [1.165, 1.54) is 7.11 Å². The molecule has 0 aliphatic rings. The summed E-state index contributed by atoms with van der Waals surface area (Å²) in [6.07, 6.45) is 0.881. The van der Waals surface area contributed by atoms with Gasteiger partial charge in [-0.2, -0.15) is 0 Å². The van der Waals surface area contributed by atoms with E-state index in [0.29, 0.717) is 11.3 Å². The number of rotatable bonds is 4. The van der Waals surface area contributed by atoms with Crippen molar-refractivity contribution in [2.45, 2.75) is 12.8 Å². The lowest BCUT2D eigenvalue weighted by atomic mass is 10.1. The molecule has 1 rings (SSSR count). The lowest BCUT2D eigenvalue weighted by Gasteiger charge is -2.02. The summed E-state index contributed by atoms with van der Waals surface area (Å²) in [7, 11) is 1.37. The van der Waals surface area contributed by atoms with Gasteiger partial charge in [0.05, 0.1) is 13.5 Å². The normalized spacial score (nSPS) is 9.50. The highest BCUT2D eigenvalue weighted by atomic mass is 32.1. The number of carbonyl (C=O) groups is 1. The fourth-order valence-electron chi connectivity index (χ4n) is 1.12. The first-order valence-electron chi connectivity index (χ1n) is 4.35. The minimum Gasteiger partial charge on any atom is -0.469 e. The number of methoxy groups -OCH3 is 1. The summed E-state index contributed by atoms with van der Waals surface area (Å²) in [6, 6.07) is 9.84. The van der Waals surface area contributed by atoms with Crippen molar-refractivity contribution < 1.29 is 9.53 Å². The maximum Gasteiger partial charge on any atom is 0.310 e. The molecule has 14 heavy (non-hydrogen) atoms. The lowest BCUT2D eigenvalue weighted by molar-refractivity contribution is -0.139. The van der Waals surface area contributed by atoms with Crippen molar-refractivity contribution in [3.63, 3.8) is 0 Å². The third-order valence-electron chi connectivity index (χ3n) is 1.81. The van der Waals surface area contributed by atoms with E-state index in [1.54, 1.807) is 0 Å². The Kier molecular flexibility index (Phi) is 4.26. The van der Waals surface area contributed by atoms with E-state index in [9.17, 15) is 4.79 Å². The zero-order valence-electron chi connectivity index (χ0n) is 8.03. The van der Waals surface area contributed by atoms with E-state index in [1.807, 2.05) is 30.3 Å². The van der Waals surface area contributed by atoms with Crippen molar-refractivity contribution in [2.75, 3.05) is 7.11 Å². The van der Waals surface area contributed by atoms with Crippen molar-refractivity contribution in [2.24, 2.45) is 0 Å². The number of carbonyl (C=O) groups excluding carboxylic acids is 1. The van der Waals surface area contributed by atoms with Crippen LogP contribution in [0.5, 0.6) is 0 Å². The van der Waals surface area contributed by atoms with Gasteiger partial charge >= 0.3 is 5.97 Å². The predicted molar refractivity (Wildman–Crippen MR) is 59.4 cm³/mol. The number of hydrogen-bond donors (Lipinski definition) is 0. The number of thiocarbonyl (C=S) groups is 1. The standard InChI is InChI=1S/C11H12O2S/c1-13-11(12)8-10(14)7-9-5-3-2-4-6-9/h2-6H,7-8H2,1H3. The average molecular weight is 208 g/mol. The van der Waals surface area contributed by atoms with Crippen LogP contribution >= 0.6 is 12.2 Å². The van der Waals surface area contributed by atoms with Crippen LogP contribution in [0.3, 0.4) is 0 Å². The van der Waals surface area contributed by atoms with Crippen LogP contribution in [-0.4, -0.2) is 17.9 Å². The Morgan fingerprint density at radius 3 is 2.57 bits per heavy atom. The fourth-order valence-corrected chi connectivity index (χ4v) is 1.40. The maximum atomic E-state index is 10.9. The molecule has 0 aliphatic carbocycles. The fraction of sp³-hybridized carbons (Fsp3) is 0.273. The predicted octanol–water partition coefficient (Wildman–Crippen LogP) is 2.16. The van der Waals surface area contributed by atoms with Crippen molar-refractivity contribution >= 4 is 23.1 Å². The summed E-state index contributed by atoms with van der Waals surface area (Å²) in [5.41, 5.74) is 1.13. The molecule has 0 N–H and O–H groups in total. The molecule has 1 aromatic carbocycles. The van der Waals surface area contributed by atoms with Gasteiger partial charge in [-0.25, -0.2) is 0 Å². The highest BCUT2D eigenvalue weighted by molar-refractivity contribution is 7.80. The van der Waals surface area contributed by atoms with Gasteiger partial charge in [0.25, 0.3) is 0 Å². The van der Waals surface area contributed by atoms with E-state index in [-0.39, 0.29) is 12.4 Å². The van der Waals surface area contributed by atoms with E-state index < -0.39 is 0 Å². The van der Waals surface area contributed by atoms with Crippen LogP contribution in [0.1, 0.15) is 12.0 Å². The molecule has 0 fully saturated rings. The summed E-state index contributed by atoms with van der Waals surface area (Å²) in [6.45, 7) is 0. The Morgan fingerprint density at radius 2 is 2.00 bits per heavy atom. The second-order valence-electron chi connectivity index (χ2n) is 2.95. The molecule has 0 amide bonds. The number of hydrogen-bond acceptors (Lipinski definition) is 3. The minimum atomic E-state index is -0.272. The summed E-state index contributed by atoms with van der Waals surface area (Å²) in [5, 5.41) is 0. The smallest absolute Gasteiger partial charge is 0.310 e. The molecular weight excluding hydrogens is 196 g/mol. The molecule has 0 radical (unpaired) electrons. The number of esters is 1. The molecule has 1 aromatic rings. The molecule has 0 aliphatic heterocycles. The number of benzene rings is 1. The average Bonchev–Trinajstić information content (AvgIpc) is 2.19. The Hall–Kier alpha value is -1.22. The second-order valence-corrected chi connectivity index (χ2v) is 3.53. The van der Waals surface area contributed by atoms with Crippen LogP contribution in [-0.2, 0) is 16.0 Å². The van der Waals surface area contributed by atoms with Gasteiger partial charge in [-0.15, -0.1) is 0 Å². The minimum absolute atomic E-state index is 0.223. The van der Waals surface area contributed by atoms with Gasteiger partial charge in [0.2, 0.25) is 0 Å². The number of ether oxygens (including phenoxy) is 1. The monoisotopic (exact) mass is 208 g/mol. The van der Waals surface area contributed by atoms with Gasteiger partial charge in [0, 0.05) is 11.3 Å². The third kappa shape index (κ3) is 3.66. The third-order valence-corrected chi connectivity index (χ3v) is 2.10. The first-order valence-corrected chi connectivity index (χ1v) is 4.75. The Morgan fingerprint density at radius 1 is 1.36 bits per heavy atom.